The first-order valence-electron chi connectivity index (χ1n) is 10.1. The predicted molar refractivity (Wildman–Crippen MR) is 123 cm³/mol. The predicted octanol–water partition coefficient (Wildman–Crippen LogP) is 3.92. The Hall–Kier alpha value is -3.36. The van der Waals surface area contributed by atoms with E-state index in [-0.39, 0.29) is 24.0 Å². The van der Waals surface area contributed by atoms with E-state index < -0.39 is 10.0 Å². The lowest BCUT2D eigenvalue weighted by Gasteiger charge is -2.17. The topological polar surface area (TPSA) is 84.9 Å². The van der Waals surface area contributed by atoms with Crippen molar-refractivity contribution in [1.82, 2.24) is 4.31 Å². The van der Waals surface area contributed by atoms with Gasteiger partial charge in [0.15, 0.2) is 18.1 Å². The van der Waals surface area contributed by atoms with Gasteiger partial charge in [0.2, 0.25) is 10.0 Å². The van der Waals surface area contributed by atoms with E-state index in [1.54, 1.807) is 30.3 Å². The molecular formula is C24H26N2O5S. The molecular weight excluding hydrogens is 428 g/mol. The van der Waals surface area contributed by atoms with Crippen molar-refractivity contribution in [3.63, 3.8) is 0 Å². The number of amides is 1. The van der Waals surface area contributed by atoms with E-state index in [1.165, 1.54) is 23.5 Å². The summed E-state index contributed by atoms with van der Waals surface area (Å²) < 4.78 is 38.0. The van der Waals surface area contributed by atoms with Crippen molar-refractivity contribution in [2.45, 2.75) is 18.4 Å². The number of para-hydroxylation sites is 2. The van der Waals surface area contributed by atoms with Gasteiger partial charge >= 0.3 is 0 Å². The Morgan fingerprint density at radius 3 is 2.09 bits per heavy atom. The van der Waals surface area contributed by atoms with Crippen LogP contribution in [-0.2, 0) is 21.4 Å². The molecule has 1 amide bonds. The summed E-state index contributed by atoms with van der Waals surface area (Å²) in [5.41, 5.74) is 1.37. The molecule has 3 rings (SSSR count). The van der Waals surface area contributed by atoms with Gasteiger partial charge in [-0.3, -0.25) is 4.79 Å². The highest BCUT2D eigenvalue weighted by atomic mass is 32.2. The third-order valence-electron chi connectivity index (χ3n) is 4.60. The Bertz CT molecular complexity index is 1130. The molecule has 0 fully saturated rings. The number of sulfonamides is 1. The van der Waals surface area contributed by atoms with Gasteiger partial charge < -0.3 is 14.8 Å². The zero-order chi connectivity index (χ0) is 23.0. The van der Waals surface area contributed by atoms with Crippen molar-refractivity contribution in [3.05, 3.63) is 84.4 Å². The molecule has 0 radical (unpaired) electrons. The van der Waals surface area contributed by atoms with Crippen LogP contribution in [0.15, 0.2) is 83.8 Å². The van der Waals surface area contributed by atoms with E-state index in [0.717, 1.165) is 5.56 Å². The number of hydrogen-bond donors (Lipinski definition) is 1. The molecule has 0 aliphatic heterocycles. The Morgan fingerprint density at radius 1 is 0.875 bits per heavy atom. The number of nitrogens with one attached hydrogen (secondary N) is 1. The summed E-state index contributed by atoms with van der Waals surface area (Å²) in [5.74, 6) is 0.678. The summed E-state index contributed by atoms with van der Waals surface area (Å²) in [4.78, 5) is 12.4. The molecule has 0 saturated carbocycles. The molecule has 0 saturated heterocycles. The van der Waals surface area contributed by atoms with Gasteiger partial charge in [-0.05, 0) is 48.9 Å². The van der Waals surface area contributed by atoms with Crippen LogP contribution in [0, 0.1) is 0 Å². The van der Waals surface area contributed by atoms with Gasteiger partial charge in [-0.1, -0.05) is 42.5 Å². The lowest BCUT2D eigenvalue weighted by Crippen LogP contribution is -2.26. The second kappa shape index (κ2) is 10.8. The number of carbonyl (C=O) groups is 1. The average Bonchev–Trinajstić information content (AvgIpc) is 2.80. The maximum Gasteiger partial charge on any atom is 0.262 e. The zero-order valence-corrected chi connectivity index (χ0v) is 18.8. The van der Waals surface area contributed by atoms with E-state index in [4.69, 9.17) is 9.47 Å². The largest absolute Gasteiger partial charge is 0.490 e. The summed E-state index contributed by atoms with van der Waals surface area (Å²) in [7, 11) is -2.12. The van der Waals surface area contributed by atoms with Crippen LogP contribution in [0.2, 0.25) is 0 Å². The molecule has 0 unspecified atom stereocenters. The van der Waals surface area contributed by atoms with Gasteiger partial charge in [0.05, 0.1) is 11.5 Å². The first kappa shape index (κ1) is 23.3. The van der Waals surface area contributed by atoms with Gasteiger partial charge in [0, 0.05) is 19.3 Å². The Kier molecular flexibility index (Phi) is 7.86. The highest BCUT2D eigenvalue weighted by Gasteiger charge is 2.21. The number of ether oxygens (including phenoxy) is 2. The Morgan fingerprint density at radius 2 is 1.47 bits per heavy atom. The number of nitrogens with zero attached hydrogens (tertiary/aromatic N) is 1. The van der Waals surface area contributed by atoms with Crippen molar-refractivity contribution in [3.8, 4) is 11.5 Å². The molecule has 32 heavy (non-hydrogen) atoms. The van der Waals surface area contributed by atoms with Gasteiger partial charge in [0.25, 0.3) is 5.91 Å². The van der Waals surface area contributed by atoms with E-state index >= 15 is 0 Å². The minimum atomic E-state index is -3.66. The van der Waals surface area contributed by atoms with E-state index in [0.29, 0.717) is 23.8 Å². The van der Waals surface area contributed by atoms with Crippen LogP contribution in [0.4, 0.5) is 5.69 Å². The van der Waals surface area contributed by atoms with Crippen molar-refractivity contribution < 1.29 is 22.7 Å². The average molecular weight is 455 g/mol. The molecule has 0 spiro atoms. The third kappa shape index (κ3) is 6.09. The van der Waals surface area contributed by atoms with Crippen molar-refractivity contribution in [2.24, 2.45) is 0 Å². The quantitative estimate of drug-likeness (QED) is 0.502. The monoisotopic (exact) mass is 454 g/mol. The molecule has 0 bridgehead atoms. The first-order chi connectivity index (χ1) is 15.4. The van der Waals surface area contributed by atoms with Crippen LogP contribution in [-0.4, -0.2) is 38.9 Å². The summed E-state index contributed by atoms with van der Waals surface area (Å²) in [6.07, 6.45) is 0. The number of anilines is 1. The molecule has 3 aromatic rings. The highest BCUT2D eigenvalue weighted by Crippen LogP contribution is 2.26. The number of hydrogen-bond acceptors (Lipinski definition) is 5. The molecule has 7 nitrogen and oxygen atoms in total. The SMILES string of the molecule is CCOc1ccccc1OCC(=O)Nc1ccc(S(=O)(=O)N(C)Cc2ccccc2)cc1. The summed E-state index contributed by atoms with van der Waals surface area (Å²) in [6, 6.07) is 22.5. The van der Waals surface area contributed by atoms with Crippen LogP contribution >= 0.6 is 0 Å². The maximum atomic E-state index is 12.8. The van der Waals surface area contributed by atoms with Crippen LogP contribution in [0.5, 0.6) is 11.5 Å². The molecule has 8 heteroatoms. The van der Waals surface area contributed by atoms with Crippen LogP contribution in [0.3, 0.4) is 0 Å². The van der Waals surface area contributed by atoms with Crippen molar-refractivity contribution in [1.29, 1.82) is 0 Å². The fourth-order valence-corrected chi connectivity index (χ4v) is 4.16. The second-order valence-electron chi connectivity index (χ2n) is 6.99. The van der Waals surface area contributed by atoms with Crippen molar-refractivity contribution in [2.75, 3.05) is 25.6 Å². The van der Waals surface area contributed by atoms with Gasteiger partial charge in [-0.2, -0.15) is 4.31 Å². The zero-order valence-electron chi connectivity index (χ0n) is 18.0. The van der Waals surface area contributed by atoms with Crippen LogP contribution < -0.4 is 14.8 Å². The Labute approximate surface area is 188 Å². The molecule has 3 aromatic carbocycles. The minimum Gasteiger partial charge on any atom is -0.490 e. The molecule has 168 valence electrons. The standard InChI is InChI=1S/C24H26N2O5S/c1-3-30-22-11-7-8-12-23(22)31-18-24(27)25-20-13-15-21(16-14-20)32(28,29)26(2)17-19-9-5-4-6-10-19/h4-16H,3,17-18H2,1-2H3,(H,25,27). The number of carbonyl (C=O) groups excluding carboxylic acids is 1. The number of rotatable bonds is 10. The maximum absolute atomic E-state index is 12.8. The molecule has 0 atom stereocenters. The van der Waals surface area contributed by atoms with E-state index in [2.05, 4.69) is 5.32 Å². The third-order valence-corrected chi connectivity index (χ3v) is 6.42. The lowest BCUT2D eigenvalue weighted by molar-refractivity contribution is -0.118. The Balaban J connectivity index is 1.58. The smallest absolute Gasteiger partial charge is 0.262 e. The fourth-order valence-electron chi connectivity index (χ4n) is 3.00. The first-order valence-corrected chi connectivity index (χ1v) is 11.6. The minimum absolute atomic E-state index is 0.149. The highest BCUT2D eigenvalue weighted by molar-refractivity contribution is 7.89. The van der Waals surface area contributed by atoms with Gasteiger partial charge in [0.1, 0.15) is 0 Å². The van der Waals surface area contributed by atoms with Gasteiger partial charge in [-0.15, -0.1) is 0 Å². The molecule has 0 aliphatic carbocycles. The lowest BCUT2D eigenvalue weighted by atomic mass is 10.2. The van der Waals surface area contributed by atoms with Crippen molar-refractivity contribution >= 4 is 21.6 Å². The van der Waals surface area contributed by atoms with Gasteiger partial charge in [-0.25, -0.2) is 8.42 Å². The second-order valence-corrected chi connectivity index (χ2v) is 9.03. The summed E-state index contributed by atoms with van der Waals surface area (Å²) in [5, 5.41) is 2.70. The molecule has 0 aliphatic rings. The molecule has 0 heterocycles. The van der Waals surface area contributed by atoms with Crippen LogP contribution in [0.1, 0.15) is 12.5 Å². The fraction of sp³-hybridized carbons (Fsp3) is 0.208. The summed E-state index contributed by atoms with van der Waals surface area (Å²) >= 11 is 0. The summed E-state index contributed by atoms with van der Waals surface area (Å²) in [6.45, 7) is 2.42. The van der Waals surface area contributed by atoms with E-state index in [1.807, 2.05) is 43.3 Å². The van der Waals surface area contributed by atoms with Crippen LogP contribution in [0.25, 0.3) is 0 Å². The normalized spacial score (nSPS) is 11.2. The molecule has 1 N–H and O–H groups in total. The molecule has 0 aromatic heterocycles. The number of benzene rings is 3. The van der Waals surface area contributed by atoms with E-state index in [9.17, 15) is 13.2 Å².